The van der Waals surface area contributed by atoms with Gasteiger partial charge in [-0.3, -0.25) is 14.4 Å². The first-order valence-electron chi connectivity index (χ1n) is 8.94. The Balaban J connectivity index is 2.13. The smallest absolute Gasteiger partial charge is 0.305 e. The fourth-order valence-corrected chi connectivity index (χ4v) is 3.10. The minimum atomic E-state index is -0.977. The van der Waals surface area contributed by atoms with E-state index in [-0.39, 0.29) is 30.1 Å². The van der Waals surface area contributed by atoms with Crippen molar-refractivity contribution in [3.63, 3.8) is 0 Å². The summed E-state index contributed by atoms with van der Waals surface area (Å²) in [4.78, 5) is 37.3. The van der Waals surface area contributed by atoms with Gasteiger partial charge in [0.25, 0.3) is 0 Å². The fourth-order valence-electron chi connectivity index (χ4n) is 3.10. The van der Waals surface area contributed by atoms with Gasteiger partial charge in [0.1, 0.15) is 0 Å². The van der Waals surface area contributed by atoms with Gasteiger partial charge in [0.05, 0.1) is 12.5 Å². The highest BCUT2D eigenvalue weighted by Gasteiger charge is 2.30. The summed E-state index contributed by atoms with van der Waals surface area (Å²) in [6.45, 7) is 6.86. The van der Waals surface area contributed by atoms with Crippen LogP contribution in [0.15, 0.2) is 24.3 Å². The molecule has 2 N–H and O–H groups in total. The number of likely N-dealkylation sites (tertiary alicyclic amines) is 1. The maximum absolute atomic E-state index is 12.6. The van der Waals surface area contributed by atoms with Crippen LogP contribution in [-0.4, -0.2) is 41.4 Å². The van der Waals surface area contributed by atoms with Crippen molar-refractivity contribution in [1.29, 1.82) is 0 Å². The highest BCUT2D eigenvalue weighted by Crippen LogP contribution is 2.26. The number of carboxylic acid groups (broad SMARTS) is 1. The number of carboxylic acids is 1. The summed E-state index contributed by atoms with van der Waals surface area (Å²) < 4.78 is 0. The van der Waals surface area contributed by atoms with E-state index >= 15 is 0 Å². The quantitative estimate of drug-likeness (QED) is 0.845. The zero-order chi connectivity index (χ0) is 19.5. The molecule has 0 bridgehead atoms. The molecule has 0 spiro atoms. The van der Waals surface area contributed by atoms with Crippen LogP contribution in [0.4, 0.5) is 0 Å². The fraction of sp³-hybridized carbons (Fsp3) is 0.550. The molecule has 6 heteroatoms. The third-order valence-corrected chi connectivity index (χ3v) is 4.90. The van der Waals surface area contributed by atoms with E-state index in [0.29, 0.717) is 13.0 Å². The average Bonchev–Trinajstić information content (AvgIpc) is 2.55. The molecule has 2 atom stereocenters. The molecule has 0 saturated carbocycles. The standard InChI is InChI=1S/C20H28N2O4/c1-20(2,3)15-7-5-13(6-8-15)16(12-18(24)25)21-19(26)14-9-10-22(4)17(23)11-14/h5-8,14,16H,9-12H2,1-4H3,(H,21,26)(H,24,25)/t14-,16-/m1/s1. The molecule has 1 aromatic carbocycles. The van der Waals surface area contributed by atoms with E-state index in [1.165, 1.54) is 0 Å². The summed E-state index contributed by atoms with van der Waals surface area (Å²) in [6, 6.07) is 7.07. The monoisotopic (exact) mass is 360 g/mol. The van der Waals surface area contributed by atoms with Crippen molar-refractivity contribution < 1.29 is 19.5 Å². The van der Waals surface area contributed by atoms with Crippen LogP contribution < -0.4 is 5.32 Å². The summed E-state index contributed by atoms with van der Waals surface area (Å²) >= 11 is 0. The molecule has 1 aromatic rings. The molecule has 2 amide bonds. The summed E-state index contributed by atoms with van der Waals surface area (Å²) in [6.07, 6.45) is 0.573. The van der Waals surface area contributed by atoms with Crippen molar-refractivity contribution in [2.24, 2.45) is 5.92 Å². The summed E-state index contributed by atoms with van der Waals surface area (Å²) in [5.41, 5.74) is 1.90. The Morgan fingerprint density at radius 2 is 1.88 bits per heavy atom. The molecule has 142 valence electrons. The second-order valence-corrected chi connectivity index (χ2v) is 8.04. The largest absolute Gasteiger partial charge is 0.481 e. The molecule has 0 aromatic heterocycles. The van der Waals surface area contributed by atoms with Crippen LogP contribution in [0.3, 0.4) is 0 Å². The topological polar surface area (TPSA) is 86.7 Å². The minimum Gasteiger partial charge on any atom is -0.481 e. The van der Waals surface area contributed by atoms with E-state index in [0.717, 1.165) is 11.1 Å². The van der Waals surface area contributed by atoms with Crippen molar-refractivity contribution >= 4 is 17.8 Å². The van der Waals surface area contributed by atoms with Gasteiger partial charge in [-0.05, 0) is 23.0 Å². The number of nitrogens with one attached hydrogen (secondary N) is 1. The predicted molar refractivity (Wildman–Crippen MR) is 98.6 cm³/mol. The van der Waals surface area contributed by atoms with Crippen LogP contribution >= 0.6 is 0 Å². The van der Waals surface area contributed by atoms with Gasteiger partial charge in [-0.25, -0.2) is 0 Å². The Bertz CT molecular complexity index is 676. The van der Waals surface area contributed by atoms with E-state index in [1.807, 2.05) is 24.3 Å². The molecule has 2 rings (SSSR count). The molecule has 1 saturated heterocycles. The molecule has 26 heavy (non-hydrogen) atoms. The number of piperidine rings is 1. The van der Waals surface area contributed by atoms with E-state index in [1.54, 1.807) is 11.9 Å². The number of benzene rings is 1. The Labute approximate surface area is 154 Å². The Morgan fingerprint density at radius 3 is 2.38 bits per heavy atom. The van der Waals surface area contributed by atoms with Gasteiger partial charge in [0.2, 0.25) is 11.8 Å². The lowest BCUT2D eigenvalue weighted by Crippen LogP contribution is -2.43. The molecule has 6 nitrogen and oxygen atoms in total. The third kappa shape index (κ3) is 5.07. The molecule has 1 heterocycles. The number of nitrogens with zero attached hydrogens (tertiary/aromatic N) is 1. The van der Waals surface area contributed by atoms with Gasteiger partial charge in [0.15, 0.2) is 0 Å². The maximum Gasteiger partial charge on any atom is 0.305 e. The van der Waals surface area contributed by atoms with Gasteiger partial charge in [0, 0.05) is 25.9 Å². The van der Waals surface area contributed by atoms with E-state index in [4.69, 9.17) is 0 Å². The summed E-state index contributed by atoms with van der Waals surface area (Å²) in [7, 11) is 1.72. The third-order valence-electron chi connectivity index (χ3n) is 4.90. The van der Waals surface area contributed by atoms with Crippen molar-refractivity contribution in [3.8, 4) is 0 Å². The van der Waals surface area contributed by atoms with Crippen LogP contribution in [0.2, 0.25) is 0 Å². The number of carbonyl (C=O) groups excluding carboxylic acids is 2. The molecule has 1 fully saturated rings. The lowest BCUT2D eigenvalue weighted by atomic mass is 9.86. The molecule has 0 radical (unpaired) electrons. The number of hydrogen-bond acceptors (Lipinski definition) is 3. The van der Waals surface area contributed by atoms with Crippen molar-refractivity contribution in [3.05, 3.63) is 35.4 Å². The molecule has 1 aliphatic heterocycles. The molecule has 0 aliphatic carbocycles. The average molecular weight is 360 g/mol. The highest BCUT2D eigenvalue weighted by atomic mass is 16.4. The van der Waals surface area contributed by atoms with E-state index < -0.39 is 17.9 Å². The Hall–Kier alpha value is -2.37. The van der Waals surface area contributed by atoms with Gasteiger partial charge in [-0.2, -0.15) is 0 Å². The van der Waals surface area contributed by atoms with Gasteiger partial charge in [-0.1, -0.05) is 45.0 Å². The second-order valence-electron chi connectivity index (χ2n) is 8.04. The number of hydrogen-bond donors (Lipinski definition) is 2. The van der Waals surface area contributed by atoms with E-state index in [2.05, 4.69) is 26.1 Å². The summed E-state index contributed by atoms with van der Waals surface area (Å²) in [5, 5.41) is 12.1. The van der Waals surface area contributed by atoms with Crippen molar-refractivity contribution in [1.82, 2.24) is 10.2 Å². The number of aliphatic carboxylic acids is 1. The Morgan fingerprint density at radius 1 is 1.27 bits per heavy atom. The molecule has 1 aliphatic rings. The van der Waals surface area contributed by atoms with Gasteiger partial charge in [-0.15, -0.1) is 0 Å². The van der Waals surface area contributed by atoms with Crippen LogP contribution in [0.25, 0.3) is 0 Å². The summed E-state index contributed by atoms with van der Waals surface area (Å²) in [5.74, 6) is -1.68. The normalized spacial score (nSPS) is 19.2. The molecular formula is C20H28N2O4. The first-order chi connectivity index (χ1) is 12.1. The lowest BCUT2D eigenvalue weighted by Gasteiger charge is -2.29. The van der Waals surface area contributed by atoms with Crippen LogP contribution in [0.1, 0.15) is 57.2 Å². The van der Waals surface area contributed by atoms with Crippen LogP contribution in [-0.2, 0) is 19.8 Å². The first kappa shape index (κ1) is 19.9. The molecule has 0 unspecified atom stereocenters. The van der Waals surface area contributed by atoms with Gasteiger partial charge < -0.3 is 15.3 Å². The van der Waals surface area contributed by atoms with Crippen molar-refractivity contribution in [2.75, 3.05) is 13.6 Å². The number of rotatable bonds is 5. The van der Waals surface area contributed by atoms with Gasteiger partial charge >= 0.3 is 5.97 Å². The Kier molecular flexibility index (Phi) is 6.05. The number of amides is 2. The minimum absolute atomic E-state index is 0.00143. The maximum atomic E-state index is 12.6. The van der Waals surface area contributed by atoms with E-state index in [9.17, 15) is 19.5 Å². The molecular weight excluding hydrogens is 332 g/mol. The van der Waals surface area contributed by atoms with Crippen LogP contribution in [0.5, 0.6) is 0 Å². The van der Waals surface area contributed by atoms with Crippen molar-refractivity contribution in [2.45, 2.75) is 51.5 Å². The first-order valence-corrected chi connectivity index (χ1v) is 8.94. The highest BCUT2D eigenvalue weighted by molar-refractivity contribution is 5.87. The SMILES string of the molecule is CN1CC[C@@H](C(=O)N[C@H](CC(=O)O)c2ccc(C(C)(C)C)cc2)CC1=O. The zero-order valence-electron chi connectivity index (χ0n) is 15.9. The zero-order valence-corrected chi connectivity index (χ0v) is 15.9. The lowest BCUT2D eigenvalue weighted by molar-refractivity contribution is -0.140. The predicted octanol–water partition coefficient (Wildman–Crippen LogP) is 2.48. The second kappa shape index (κ2) is 7.89. The number of carbonyl (C=O) groups is 3. The van der Waals surface area contributed by atoms with Crippen LogP contribution in [0, 0.1) is 5.92 Å².